The Morgan fingerprint density at radius 1 is 1.00 bits per heavy atom. The molecule has 0 bridgehead atoms. The summed E-state index contributed by atoms with van der Waals surface area (Å²) in [4.78, 5) is 17.0. The zero-order valence-electron chi connectivity index (χ0n) is 17.0. The first-order valence-electron chi connectivity index (χ1n) is 9.76. The van der Waals surface area contributed by atoms with Crippen molar-refractivity contribution in [2.24, 2.45) is 0 Å². The number of methoxy groups -OCH3 is 1. The van der Waals surface area contributed by atoms with Crippen molar-refractivity contribution in [3.05, 3.63) is 102 Å². The van der Waals surface area contributed by atoms with Crippen LogP contribution in [0.4, 0.5) is 0 Å². The van der Waals surface area contributed by atoms with Crippen molar-refractivity contribution < 1.29 is 9.53 Å². The van der Waals surface area contributed by atoms with Crippen LogP contribution in [-0.2, 0) is 6.54 Å². The van der Waals surface area contributed by atoms with E-state index in [0.29, 0.717) is 12.1 Å². The highest BCUT2D eigenvalue weighted by Crippen LogP contribution is 2.30. The van der Waals surface area contributed by atoms with Crippen LogP contribution in [0.25, 0.3) is 16.9 Å². The Bertz CT molecular complexity index is 1150. The predicted molar refractivity (Wildman–Crippen MR) is 118 cm³/mol. The molecule has 2 heterocycles. The Labute approximate surface area is 176 Å². The largest absolute Gasteiger partial charge is 0.497 e. The maximum atomic E-state index is 13.0. The molecule has 0 unspecified atom stereocenters. The Hall–Kier alpha value is -3.86. The average Bonchev–Trinajstić information content (AvgIpc) is 3.16. The normalized spacial score (nSPS) is 10.6. The lowest BCUT2D eigenvalue weighted by atomic mass is 10.1. The number of carbonyl (C=O) groups is 1. The summed E-state index contributed by atoms with van der Waals surface area (Å²) in [7, 11) is 1.65. The fraction of sp³-hybridized carbons (Fsp3) is 0.120. The molecule has 0 fully saturated rings. The maximum absolute atomic E-state index is 13.0. The van der Waals surface area contributed by atoms with E-state index in [4.69, 9.17) is 4.74 Å². The van der Waals surface area contributed by atoms with Gasteiger partial charge in [-0.1, -0.05) is 36.4 Å². The second kappa shape index (κ2) is 8.66. The summed E-state index contributed by atoms with van der Waals surface area (Å²) in [5.74, 6) is 0.659. The smallest absolute Gasteiger partial charge is 0.253 e. The van der Waals surface area contributed by atoms with Crippen molar-refractivity contribution in [2.45, 2.75) is 13.5 Å². The quantitative estimate of drug-likeness (QED) is 0.509. The van der Waals surface area contributed by atoms with Crippen LogP contribution in [-0.4, -0.2) is 22.6 Å². The van der Waals surface area contributed by atoms with Crippen LogP contribution in [0, 0.1) is 6.92 Å². The summed E-state index contributed by atoms with van der Waals surface area (Å²) < 4.78 is 7.50. The van der Waals surface area contributed by atoms with Crippen LogP contribution < -0.4 is 10.1 Å². The van der Waals surface area contributed by atoms with E-state index in [9.17, 15) is 4.79 Å². The van der Waals surface area contributed by atoms with Crippen LogP contribution in [0.15, 0.2) is 85.2 Å². The lowest BCUT2D eigenvalue weighted by Crippen LogP contribution is -2.23. The molecule has 1 N–H and O–H groups in total. The lowest BCUT2D eigenvalue weighted by Gasteiger charge is -2.13. The number of pyridine rings is 1. The molecule has 0 radical (unpaired) electrons. The first-order valence-corrected chi connectivity index (χ1v) is 9.76. The van der Waals surface area contributed by atoms with Gasteiger partial charge in [0.1, 0.15) is 5.75 Å². The molecule has 150 valence electrons. The van der Waals surface area contributed by atoms with E-state index >= 15 is 0 Å². The van der Waals surface area contributed by atoms with Gasteiger partial charge in [0.15, 0.2) is 0 Å². The van der Waals surface area contributed by atoms with Crippen LogP contribution in [0.1, 0.15) is 21.6 Å². The maximum Gasteiger partial charge on any atom is 0.253 e. The molecule has 0 aliphatic carbocycles. The average molecular weight is 397 g/mol. The molecule has 1 amide bonds. The van der Waals surface area contributed by atoms with Gasteiger partial charge in [0.25, 0.3) is 5.91 Å². The van der Waals surface area contributed by atoms with E-state index in [1.165, 1.54) is 0 Å². The van der Waals surface area contributed by atoms with Crippen molar-refractivity contribution in [1.82, 2.24) is 14.9 Å². The molecule has 0 aliphatic heterocycles. The zero-order valence-corrected chi connectivity index (χ0v) is 17.0. The number of rotatable bonds is 6. The van der Waals surface area contributed by atoms with Crippen molar-refractivity contribution in [2.75, 3.05) is 7.11 Å². The van der Waals surface area contributed by atoms with Crippen LogP contribution >= 0.6 is 0 Å². The molecular formula is C25H23N3O2. The third-order valence-electron chi connectivity index (χ3n) is 5.08. The van der Waals surface area contributed by atoms with E-state index in [1.54, 1.807) is 19.5 Å². The number of nitrogens with one attached hydrogen (secondary N) is 1. The molecule has 0 spiro atoms. The monoisotopic (exact) mass is 397 g/mol. The minimum Gasteiger partial charge on any atom is -0.497 e. The number of aromatic nitrogens is 2. The van der Waals surface area contributed by atoms with E-state index in [-0.39, 0.29) is 5.91 Å². The Balaban J connectivity index is 1.75. The molecule has 4 rings (SSSR count). The Kier molecular flexibility index (Phi) is 5.61. The molecule has 0 atom stereocenters. The number of hydrogen-bond acceptors (Lipinski definition) is 3. The molecule has 0 aliphatic rings. The first kappa shape index (κ1) is 19.5. The molecule has 5 heteroatoms. The molecule has 4 aromatic rings. The highest BCUT2D eigenvalue weighted by molar-refractivity contribution is 5.97. The minimum atomic E-state index is -0.108. The minimum absolute atomic E-state index is 0.108. The highest BCUT2D eigenvalue weighted by atomic mass is 16.5. The SMILES string of the molecule is COc1cccc(-n2c(-c3ccccc3)cc(C(=O)NCc3ccncc3)c2C)c1. The van der Waals surface area contributed by atoms with Gasteiger partial charge in [-0.15, -0.1) is 0 Å². The summed E-state index contributed by atoms with van der Waals surface area (Å²) in [5.41, 5.74) is 5.46. The molecule has 30 heavy (non-hydrogen) atoms. The van der Waals surface area contributed by atoms with Crippen LogP contribution in [0.2, 0.25) is 0 Å². The highest BCUT2D eigenvalue weighted by Gasteiger charge is 2.19. The van der Waals surface area contributed by atoms with Gasteiger partial charge in [0.05, 0.1) is 18.4 Å². The van der Waals surface area contributed by atoms with Gasteiger partial charge in [0, 0.05) is 36.4 Å². The fourth-order valence-corrected chi connectivity index (χ4v) is 3.52. The number of hydrogen-bond donors (Lipinski definition) is 1. The lowest BCUT2D eigenvalue weighted by molar-refractivity contribution is 0.0950. The summed E-state index contributed by atoms with van der Waals surface area (Å²) >= 11 is 0. The van der Waals surface area contributed by atoms with Crippen LogP contribution in [0.3, 0.4) is 0 Å². The number of nitrogens with zero attached hydrogens (tertiary/aromatic N) is 2. The summed E-state index contributed by atoms with van der Waals surface area (Å²) in [6, 6.07) is 23.6. The van der Waals surface area contributed by atoms with Gasteiger partial charge >= 0.3 is 0 Å². The topological polar surface area (TPSA) is 56.1 Å². The van der Waals surface area contributed by atoms with Crippen molar-refractivity contribution in [1.29, 1.82) is 0 Å². The second-order valence-electron chi connectivity index (χ2n) is 6.97. The van der Waals surface area contributed by atoms with E-state index in [1.807, 2.05) is 79.7 Å². The molecule has 0 saturated heterocycles. The zero-order chi connectivity index (χ0) is 20.9. The summed E-state index contributed by atoms with van der Waals surface area (Å²) in [5, 5.41) is 3.02. The van der Waals surface area contributed by atoms with Gasteiger partial charge < -0.3 is 14.6 Å². The van der Waals surface area contributed by atoms with E-state index in [0.717, 1.165) is 34.0 Å². The van der Waals surface area contributed by atoms with Gasteiger partial charge in [-0.25, -0.2) is 0 Å². The van der Waals surface area contributed by atoms with Crippen molar-refractivity contribution in [3.8, 4) is 22.7 Å². The van der Waals surface area contributed by atoms with E-state index < -0.39 is 0 Å². The second-order valence-corrected chi connectivity index (χ2v) is 6.97. The van der Waals surface area contributed by atoms with Crippen LogP contribution in [0.5, 0.6) is 5.75 Å². The third-order valence-corrected chi connectivity index (χ3v) is 5.08. The number of carbonyl (C=O) groups excluding carboxylic acids is 1. The van der Waals surface area contributed by atoms with Gasteiger partial charge in [-0.05, 0) is 48.4 Å². The van der Waals surface area contributed by atoms with E-state index in [2.05, 4.69) is 14.9 Å². The number of benzene rings is 2. The molecule has 0 saturated carbocycles. The van der Waals surface area contributed by atoms with Gasteiger partial charge in [0.2, 0.25) is 0 Å². The molecule has 5 nitrogen and oxygen atoms in total. The Morgan fingerprint density at radius 3 is 2.50 bits per heavy atom. The number of amides is 1. The Morgan fingerprint density at radius 2 is 1.77 bits per heavy atom. The fourth-order valence-electron chi connectivity index (χ4n) is 3.52. The molecule has 2 aromatic heterocycles. The summed E-state index contributed by atoms with van der Waals surface area (Å²) in [6.07, 6.45) is 3.44. The summed E-state index contributed by atoms with van der Waals surface area (Å²) in [6.45, 7) is 2.42. The van der Waals surface area contributed by atoms with Crippen molar-refractivity contribution in [3.63, 3.8) is 0 Å². The van der Waals surface area contributed by atoms with Gasteiger partial charge in [-0.2, -0.15) is 0 Å². The van der Waals surface area contributed by atoms with Gasteiger partial charge in [-0.3, -0.25) is 9.78 Å². The standard InChI is InChI=1S/C25H23N3O2/c1-18-23(25(29)27-17-19-11-13-26-14-12-19)16-24(20-7-4-3-5-8-20)28(18)21-9-6-10-22(15-21)30-2/h3-16H,17H2,1-2H3,(H,27,29). The first-order chi connectivity index (χ1) is 14.7. The third kappa shape index (κ3) is 3.96. The molecular weight excluding hydrogens is 374 g/mol. The molecule has 2 aromatic carbocycles. The predicted octanol–water partition coefficient (Wildman–Crippen LogP) is 4.79. The number of ether oxygens (including phenoxy) is 1. The van der Waals surface area contributed by atoms with Crippen molar-refractivity contribution >= 4 is 5.91 Å².